The Morgan fingerprint density at radius 1 is 0.931 bits per heavy atom. The molecular formula is C24H32N2O3. The van der Waals surface area contributed by atoms with Gasteiger partial charge >= 0.3 is 0 Å². The third kappa shape index (κ3) is 5.89. The van der Waals surface area contributed by atoms with E-state index in [1.165, 1.54) is 0 Å². The molecule has 0 spiro atoms. The zero-order chi connectivity index (χ0) is 20.8. The summed E-state index contributed by atoms with van der Waals surface area (Å²) >= 11 is 0. The van der Waals surface area contributed by atoms with Crippen LogP contribution in [0, 0.1) is 5.92 Å². The van der Waals surface area contributed by atoms with E-state index in [4.69, 9.17) is 9.47 Å². The summed E-state index contributed by atoms with van der Waals surface area (Å²) in [6.07, 6.45) is 0.219. The number of hydrogen-bond donors (Lipinski definition) is 1. The molecule has 0 radical (unpaired) electrons. The molecule has 0 amide bonds. The molecule has 0 bridgehead atoms. The van der Waals surface area contributed by atoms with Gasteiger partial charge in [-0.3, -0.25) is 4.79 Å². The number of carbonyl (C=O) groups is 1. The molecule has 1 N–H and O–H groups in total. The molecular weight excluding hydrogens is 364 g/mol. The molecule has 1 saturated heterocycles. The summed E-state index contributed by atoms with van der Waals surface area (Å²) in [4.78, 5) is 13.3. The van der Waals surface area contributed by atoms with Crippen molar-refractivity contribution in [1.29, 1.82) is 0 Å². The maximum Gasteiger partial charge on any atom is 0.168 e. The Labute approximate surface area is 174 Å². The lowest BCUT2D eigenvalue weighted by Crippen LogP contribution is -2.56. The smallest absolute Gasteiger partial charge is 0.168 e. The Balaban J connectivity index is 1.85. The maximum atomic E-state index is 13.3. The summed E-state index contributed by atoms with van der Waals surface area (Å²) < 4.78 is 12.4. The summed E-state index contributed by atoms with van der Waals surface area (Å²) in [6.45, 7) is 8.62. The average molecular weight is 397 g/mol. The highest BCUT2D eigenvalue weighted by molar-refractivity contribution is 5.98. The second kappa shape index (κ2) is 10.0. The number of hydrazine groups is 1. The second-order valence-corrected chi connectivity index (χ2v) is 8.07. The van der Waals surface area contributed by atoms with E-state index in [-0.39, 0.29) is 36.2 Å². The summed E-state index contributed by atoms with van der Waals surface area (Å²) in [5, 5.41) is 2.07. The number of nitrogens with zero attached hydrogens (tertiary/aromatic N) is 1. The van der Waals surface area contributed by atoms with Crippen molar-refractivity contribution in [3.63, 3.8) is 0 Å². The van der Waals surface area contributed by atoms with Gasteiger partial charge in [0.25, 0.3) is 0 Å². The number of rotatable bonds is 8. The SMILES string of the molecule is CC(C)OC1CN(Nc2ccccc2)C(OC(C)C)CC1C(=O)c1ccccc1. The minimum atomic E-state index is -0.252. The number of piperidine rings is 1. The maximum absolute atomic E-state index is 13.3. The van der Waals surface area contributed by atoms with Crippen molar-refractivity contribution in [2.75, 3.05) is 12.0 Å². The van der Waals surface area contributed by atoms with Crippen LogP contribution >= 0.6 is 0 Å². The van der Waals surface area contributed by atoms with Crippen molar-refractivity contribution in [2.45, 2.75) is 58.7 Å². The van der Waals surface area contributed by atoms with Crippen LogP contribution in [0.25, 0.3) is 0 Å². The van der Waals surface area contributed by atoms with Gasteiger partial charge in [0.05, 0.1) is 24.2 Å². The fourth-order valence-electron chi connectivity index (χ4n) is 3.75. The van der Waals surface area contributed by atoms with E-state index in [0.717, 1.165) is 11.3 Å². The quantitative estimate of drug-likeness (QED) is 0.652. The van der Waals surface area contributed by atoms with Crippen LogP contribution in [0.5, 0.6) is 0 Å². The minimum absolute atomic E-state index is 0.0345. The average Bonchev–Trinajstić information content (AvgIpc) is 2.70. The lowest BCUT2D eigenvalue weighted by molar-refractivity contribution is -0.148. The third-order valence-electron chi connectivity index (χ3n) is 4.95. The largest absolute Gasteiger partial charge is 0.373 e. The van der Waals surface area contributed by atoms with Crippen LogP contribution in [0.15, 0.2) is 60.7 Å². The number of ketones is 1. The van der Waals surface area contributed by atoms with Crippen molar-refractivity contribution in [3.8, 4) is 0 Å². The molecule has 3 rings (SSSR count). The first-order valence-corrected chi connectivity index (χ1v) is 10.4. The minimum Gasteiger partial charge on any atom is -0.373 e. The molecule has 0 aliphatic carbocycles. The molecule has 0 saturated carbocycles. The van der Waals surface area contributed by atoms with Gasteiger partial charge in [0.2, 0.25) is 0 Å². The predicted molar refractivity (Wildman–Crippen MR) is 116 cm³/mol. The molecule has 5 heteroatoms. The molecule has 1 aliphatic rings. The van der Waals surface area contributed by atoms with Crippen LogP contribution in [0.2, 0.25) is 0 Å². The highest BCUT2D eigenvalue weighted by atomic mass is 16.5. The highest BCUT2D eigenvalue weighted by Crippen LogP contribution is 2.31. The van der Waals surface area contributed by atoms with E-state index in [1.54, 1.807) is 0 Å². The fraction of sp³-hybridized carbons (Fsp3) is 0.458. The van der Waals surface area contributed by atoms with Crippen molar-refractivity contribution in [3.05, 3.63) is 66.2 Å². The first-order chi connectivity index (χ1) is 13.9. The molecule has 1 fully saturated rings. The van der Waals surface area contributed by atoms with Crippen molar-refractivity contribution in [2.24, 2.45) is 5.92 Å². The topological polar surface area (TPSA) is 50.8 Å². The molecule has 2 aromatic rings. The van der Waals surface area contributed by atoms with Crippen LogP contribution < -0.4 is 5.43 Å². The number of para-hydroxylation sites is 1. The van der Waals surface area contributed by atoms with Gasteiger partial charge in [-0.2, -0.15) is 5.01 Å². The molecule has 3 atom stereocenters. The van der Waals surface area contributed by atoms with E-state index >= 15 is 0 Å². The van der Waals surface area contributed by atoms with Crippen LogP contribution in [0.1, 0.15) is 44.5 Å². The Morgan fingerprint density at radius 2 is 1.52 bits per heavy atom. The molecule has 0 aromatic heterocycles. The van der Waals surface area contributed by atoms with Crippen molar-refractivity contribution in [1.82, 2.24) is 5.01 Å². The van der Waals surface area contributed by atoms with Gasteiger partial charge in [0.1, 0.15) is 6.23 Å². The van der Waals surface area contributed by atoms with Crippen LogP contribution in [0.3, 0.4) is 0 Å². The van der Waals surface area contributed by atoms with Gasteiger partial charge < -0.3 is 14.9 Å². The number of nitrogens with one attached hydrogen (secondary N) is 1. The summed E-state index contributed by atoms with van der Waals surface area (Å²) in [7, 11) is 0. The highest BCUT2D eigenvalue weighted by Gasteiger charge is 2.41. The zero-order valence-corrected chi connectivity index (χ0v) is 17.7. The number of anilines is 1. The molecule has 2 aromatic carbocycles. The van der Waals surface area contributed by atoms with Crippen molar-refractivity contribution < 1.29 is 14.3 Å². The van der Waals surface area contributed by atoms with Gasteiger partial charge in [-0.1, -0.05) is 48.5 Å². The summed E-state index contributed by atoms with van der Waals surface area (Å²) in [5.41, 5.74) is 5.17. The monoisotopic (exact) mass is 396 g/mol. The van der Waals surface area contributed by atoms with Gasteiger partial charge in [0, 0.05) is 24.2 Å². The first-order valence-electron chi connectivity index (χ1n) is 10.4. The fourth-order valence-corrected chi connectivity index (χ4v) is 3.75. The number of carbonyl (C=O) groups excluding carboxylic acids is 1. The molecule has 1 heterocycles. The number of Topliss-reactive ketones (excluding diaryl/α,β-unsaturated/α-hetero) is 1. The third-order valence-corrected chi connectivity index (χ3v) is 4.95. The predicted octanol–water partition coefficient (Wildman–Crippen LogP) is 4.76. The van der Waals surface area contributed by atoms with E-state index in [1.807, 2.05) is 88.4 Å². The summed E-state index contributed by atoms with van der Waals surface area (Å²) in [6, 6.07) is 19.5. The van der Waals surface area contributed by atoms with E-state index in [9.17, 15) is 4.79 Å². The van der Waals surface area contributed by atoms with Gasteiger partial charge in [-0.25, -0.2) is 0 Å². The normalized spacial score (nSPS) is 22.8. The van der Waals surface area contributed by atoms with Crippen molar-refractivity contribution >= 4 is 11.5 Å². The van der Waals surface area contributed by atoms with Gasteiger partial charge in [-0.05, 0) is 39.8 Å². The lowest BCUT2D eigenvalue weighted by Gasteiger charge is -2.44. The lowest BCUT2D eigenvalue weighted by atomic mass is 9.86. The molecule has 3 unspecified atom stereocenters. The van der Waals surface area contributed by atoms with Gasteiger partial charge in [0.15, 0.2) is 5.78 Å². The molecule has 29 heavy (non-hydrogen) atoms. The Bertz CT molecular complexity index is 764. The second-order valence-electron chi connectivity index (χ2n) is 8.07. The zero-order valence-electron chi connectivity index (χ0n) is 17.7. The molecule has 156 valence electrons. The van der Waals surface area contributed by atoms with Gasteiger partial charge in [-0.15, -0.1) is 0 Å². The molecule has 5 nitrogen and oxygen atoms in total. The summed E-state index contributed by atoms with van der Waals surface area (Å²) in [5.74, 6) is -0.134. The standard InChI is InChI=1S/C24H32N2O3/c1-17(2)28-22-16-26(25-20-13-9-6-10-14-20)23(29-18(3)4)15-21(22)24(27)19-11-7-5-8-12-19/h5-14,17-18,21-23,25H,15-16H2,1-4H3. The first kappa shape index (κ1) is 21.5. The number of hydrogen-bond acceptors (Lipinski definition) is 5. The molecule has 1 aliphatic heterocycles. The number of benzene rings is 2. The van der Waals surface area contributed by atoms with Crippen LogP contribution in [-0.2, 0) is 9.47 Å². The Kier molecular flexibility index (Phi) is 7.42. The van der Waals surface area contributed by atoms with E-state index in [2.05, 4.69) is 10.4 Å². The van der Waals surface area contributed by atoms with Crippen LogP contribution in [0.4, 0.5) is 5.69 Å². The van der Waals surface area contributed by atoms with E-state index in [0.29, 0.717) is 13.0 Å². The van der Waals surface area contributed by atoms with Crippen LogP contribution in [-0.4, -0.2) is 41.9 Å². The Hall–Kier alpha value is -2.21. The van der Waals surface area contributed by atoms with E-state index < -0.39 is 0 Å². The Morgan fingerprint density at radius 3 is 2.10 bits per heavy atom. The number of ether oxygens (including phenoxy) is 2.